The van der Waals surface area contributed by atoms with Crippen LogP contribution in [0, 0.1) is 0 Å². The molecule has 0 aliphatic carbocycles. The molecule has 0 saturated carbocycles. The van der Waals surface area contributed by atoms with Gasteiger partial charge in [-0.15, -0.1) is 0 Å². The summed E-state index contributed by atoms with van der Waals surface area (Å²) in [5.74, 6) is -1.56. The molecule has 196 valence electrons. The number of carbonyl (C=O) groups is 4. The second kappa shape index (κ2) is 13.8. The molecule has 0 aromatic heterocycles. The zero-order valence-corrected chi connectivity index (χ0v) is 21.9. The molecule has 0 saturated heterocycles. The summed E-state index contributed by atoms with van der Waals surface area (Å²) in [7, 11) is 0. The van der Waals surface area contributed by atoms with Crippen molar-refractivity contribution in [3.05, 3.63) is 70.8 Å². The Bertz CT molecular complexity index is 1110. The molecule has 0 aliphatic rings. The van der Waals surface area contributed by atoms with Crippen molar-refractivity contribution >= 4 is 35.7 Å². The van der Waals surface area contributed by atoms with Crippen LogP contribution in [0.5, 0.6) is 11.5 Å². The van der Waals surface area contributed by atoms with Gasteiger partial charge >= 0.3 is 11.9 Å². The molecule has 8 heteroatoms. The average molecular weight is 509 g/mol. The molecule has 2 aromatic rings. The number of hydrogen-bond donors (Lipinski definition) is 0. The van der Waals surface area contributed by atoms with E-state index < -0.39 is 23.5 Å². The molecule has 0 fully saturated rings. The largest absolute Gasteiger partial charge is 0.459 e. The molecule has 0 unspecified atom stereocenters. The highest BCUT2D eigenvalue weighted by atomic mass is 16.7. The summed E-state index contributed by atoms with van der Waals surface area (Å²) in [5, 5.41) is 0. The van der Waals surface area contributed by atoms with Gasteiger partial charge in [-0.1, -0.05) is 36.4 Å². The first kappa shape index (κ1) is 29.0. The topological polar surface area (TPSA) is 105 Å². The molecule has 2 aromatic carbocycles. The molecule has 0 heterocycles. The lowest BCUT2D eigenvalue weighted by Gasteiger charge is -2.14. The van der Waals surface area contributed by atoms with E-state index in [1.165, 1.54) is 26.0 Å². The Morgan fingerprint density at radius 2 is 1.00 bits per heavy atom. The molecule has 0 bridgehead atoms. The van der Waals surface area contributed by atoms with Crippen molar-refractivity contribution in [1.29, 1.82) is 0 Å². The lowest BCUT2D eigenvalue weighted by molar-refractivity contribution is -0.145. The second-order valence-corrected chi connectivity index (χ2v) is 8.62. The Kier molecular flexibility index (Phi) is 10.8. The van der Waals surface area contributed by atoms with E-state index in [-0.39, 0.29) is 30.1 Å². The van der Waals surface area contributed by atoms with Crippen LogP contribution < -0.4 is 9.47 Å². The highest BCUT2D eigenvalue weighted by molar-refractivity contribution is 6.20. The molecular weight excluding hydrogens is 476 g/mol. The number of ether oxygens (including phenoxy) is 4. The van der Waals surface area contributed by atoms with Crippen LogP contribution >= 0.6 is 0 Å². The number of hydrogen-bond acceptors (Lipinski definition) is 8. The molecule has 37 heavy (non-hydrogen) atoms. The van der Waals surface area contributed by atoms with Crippen molar-refractivity contribution in [1.82, 2.24) is 0 Å². The van der Waals surface area contributed by atoms with E-state index in [9.17, 15) is 19.2 Å². The van der Waals surface area contributed by atoms with Gasteiger partial charge in [-0.05, 0) is 65.8 Å². The highest BCUT2D eigenvalue weighted by Gasteiger charge is 2.19. The third-order valence-corrected chi connectivity index (χ3v) is 4.75. The average Bonchev–Trinajstić information content (AvgIpc) is 2.81. The number of benzene rings is 2. The Labute approximate surface area is 216 Å². The van der Waals surface area contributed by atoms with Crippen LogP contribution in [0.15, 0.2) is 59.7 Å². The number of para-hydroxylation sites is 2. The Balaban J connectivity index is 2.25. The first-order chi connectivity index (χ1) is 17.5. The lowest BCUT2D eigenvalue weighted by atomic mass is 10.1. The van der Waals surface area contributed by atoms with Gasteiger partial charge in [-0.3, -0.25) is 9.59 Å². The predicted molar refractivity (Wildman–Crippen MR) is 139 cm³/mol. The van der Waals surface area contributed by atoms with Crippen LogP contribution in [0.4, 0.5) is 0 Å². The maximum atomic E-state index is 12.4. The van der Waals surface area contributed by atoms with Crippen molar-refractivity contribution in [2.24, 2.45) is 0 Å². The van der Waals surface area contributed by atoms with E-state index in [2.05, 4.69) is 0 Å². The van der Waals surface area contributed by atoms with Crippen molar-refractivity contribution in [3.63, 3.8) is 0 Å². The quantitative estimate of drug-likeness (QED) is 0.130. The van der Waals surface area contributed by atoms with E-state index in [1.54, 1.807) is 76.2 Å². The number of ketones is 2. The van der Waals surface area contributed by atoms with Crippen LogP contribution in [0.2, 0.25) is 0 Å². The standard InChI is InChI=1S/C29H32O8/c1-18(2)36-28(32)24(20(5)30)15-22-11-7-9-13-26(22)34-17-35-27-14-10-8-12-23(27)16-25(21(6)31)29(33)37-19(3)4/h7-16,18-19H,17H2,1-6H3/b24-15-,25-16-. The molecule has 0 spiro atoms. The maximum Gasteiger partial charge on any atom is 0.342 e. The van der Waals surface area contributed by atoms with Crippen LogP contribution in [0.1, 0.15) is 52.7 Å². The molecule has 8 nitrogen and oxygen atoms in total. The van der Waals surface area contributed by atoms with Crippen LogP contribution in [0.25, 0.3) is 12.2 Å². The lowest BCUT2D eigenvalue weighted by Crippen LogP contribution is -2.18. The molecule has 0 aliphatic heterocycles. The summed E-state index contributed by atoms with van der Waals surface area (Å²) in [6.07, 6.45) is 2.08. The predicted octanol–water partition coefficient (Wildman–Crippen LogP) is 4.95. The van der Waals surface area contributed by atoms with E-state index in [0.29, 0.717) is 22.6 Å². The molecular formula is C29H32O8. The zero-order chi connectivity index (χ0) is 27.5. The first-order valence-electron chi connectivity index (χ1n) is 11.8. The zero-order valence-electron chi connectivity index (χ0n) is 21.9. The van der Waals surface area contributed by atoms with Crippen molar-refractivity contribution in [2.45, 2.75) is 53.8 Å². The monoisotopic (exact) mass is 508 g/mol. The molecule has 2 rings (SSSR count). The van der Waals surface area contributed by atoms with Crippen molar-refractivity contribution < 1.29 is 38.1 Å². The summed E-state index contributed by atoms with van der Waals surface area (Å²) >= 11 is 0. The van der Waals surface area contributed by atoms with Crippen LogP contribution in [-0.2, 0) is 28.7 Å². The van der Waals surface area contributed by atoms with Gasteiger partial charge < -0.3 is 18.9 Å². The van der Waals surface area contributed by atoms with E-state index in [4.69, 9.17) is 18.9 Å². The van der Waals surface area contributed by atoms with E-state index in [0.717, 1.165) is 0 Å². The van der Waals surface area contributed by atoms with Crippen molar-refractivity contribution in [2.75, 3.05) is 6.79 Å². The number of Topliss-reactive ketones (excluding diaryl/α,β-unsaturated/α-hetero) is 2. The van der Waals surface area contributed by atoms with Crippen LogP contribution in [0.3, 0.4) is 0 Å². The smallest absolute Gasteiger partial charge is 0.342 e. The summed E-state index contributed by atoms with van der Waals surface area (Å²) < 4.78 is 21.9. The fourth-order valence-corrected chi connectivity index (χ4v) is 3.09. The van der Waals surface area contributed by atoms with Gasteiger partial charge in [-0.25, -0.2) is 9.59 Å². The Morgan fingerprint density at radius 1 is 0.649 bits per heavy atom. The Morgan fingerprint density at radius 3 is 1.32 bits per heavy atom. The minimum atomic E-state index is -0.716. The van der Waals surface area contributed by atoms with Gasteiger partial charge in [0.15, 0.2) is 11.6 Å². The minimum Gasteiger partial charge on any atom is -0.459 e. The molecule has 0 amide bonds. The summed E-state index contributed by atoms with van der Waals surface area (Å²) in [6, 6.07) is 13.7. The first-order valence-corrected chi connectivity index (χ1v) is 11.8. The number of rotatable bonds is 12. The van der Waals surface area contributed by atoms with E-state index in [1.807, 2.05) is 0 Å². The van der Waals surface area contributed by atoms with Crippen molar-refractivity contribution in [3.8, 4) is 11.5 Å². The third-order valence-electron chi connectivity index (χ3n) is 4.75. The van der Waals surface area contributed by atoms with Gasteiger partial charge in [0.1, 0.15) is 22.6 Å². The third kappa shape index (κ3) is 9.07. The van der Waals surface area contributed by atoms with Gasteiger partial charge in [0.25, 0.3) is 0 Å². The molecule has 0 atom stereocenters. The molecule has 0 radical (unpaired) electrons. The Hall–Kier alpha value is -4.20. The van der Waals surface area contributed by atoms with E-state index >= 15 is 0 Å². The van der Waals surface area contributed by atoms with Crippen LogP contribution in [-0.4, -0.2) is 42.5 Å². The molecule has 0 N–H and O–H groups in total. The van der Waals surface area contributed by atoms with Gasteiger partial charge in [0.2, 0.25) is 6.79 Å². The fourth-order valence-electron chi connectivity index (χ4n) is 3.09. The highest BCUT2D eigenvalue weighted by Crippen LogP contribution is 2.25. The minimum absolute atomic E-state index is 0.105. The SMILES string of the molecule is CC(=O)/C(=C/c1ccccc1OCOc1ccccc1/C=C(/C(C)=O)C(=O)OC(C)C)C(=O)OC(C)C. The van der Waals surface area contributed by atoms with Gasteiger partial charge in [-0.2, -0.15) is 0 Å². The fraction of sp³-hybridized carbons (Fsp3) is 0.310. The summed E-state index contributed by atoms with van der Waals surface area (Å²) in [4.78, 5) is 48.8. The normalized spacial score (nSPS) is 11.8. The number of esters is 2. The van der Waals surface area contributed by atoms with Gasteiger partial charge in [0.05, 0.1) is 12.2 Å². The second-order valence-electron chi connectivity index (χ2n) is 8.62. The summed E-state index contributed by atoms with van der Waals surface area (Å²) in [5.41, 5.74) is 0.762. The van der Waals surface area contributed by atoms with Gasteiger partial charge in [0, 0.05) is 11.1 Å². The summed E-state index contributed by atoms with van der Waals surface area (Å²) in [6.45, 7) is 9.14. The maximum absolute atomic E-state index is 12.4. The number of carbonyl (C=O) groups excluding carboxylic acids is 4.